The van der Waals surface area contributed by atoms with Gasteiger partial charge in [0.25, 0.3) is 0 Å². The van der Waals surface area contributed by atoms with Gasteiger partial charge in [0.05, 0.1) is 28.7 Å². The third-order valence-corrected chi connectivity index (χ3v) is 5.14. The second-order valence-corrected chi connectivity index (χ2v) is 7.16. The summed E-state index contributed by atoms with van der Waals surface area (Å²) in [5, 5.41) is 11.9. The SMILES string of the molecule is C[C@@H](c1ccccc1)n1c(Cc2ccc(NC(N)=O)cc2)nc2ccc(C#N)cc21. The minimum atomic E-state index is -0.588. The summed E-state index contributed by atoms with van der Waals surface area (Å²) in [5.74, 6) is 0.909. The number of anilines is 1. The molecule has 2 amide bonds. The molecule has 0 aliphatic heterocycles. The Hall–Kier alpha value is -4.11. The zero-order chi connectivity index (χ0) is 21.1. The maximum atomic E-state index is 11.0. The minimum Gasteiger partial charge on any atom is -0.351 e. The molecule has 0 bridgehead atoms. The molecular formula is C24H21N5O. The number of nitrogens with two attached hydrogens (primary N) is 1. The van der Waals surface area contributed by atoms with Crippen molar-refractivity contribution < 1.29 is 4.79 Å². The Kier molecular flexibility index (Phi) is 5.19. The lowest BCUT2D eigenvalue weighted by atomic mass is 10.1. The fourth-order valence-electron chi connectivity index (χ4n) is 3.68. The molecule has 0 spiro atoms. The molecule has 0 aliphatic rings. The van der Waals surface area contributed by atoms with Crippen molar-refractivity contribution in [2.24, 2.45) is 5.73 Å². The molecule has 0 radical (unpaired) electrons. The van der Waals surface area contributed by atoms with Crippen molar-refractivity contribution in [3.63, 3.8) is 0 Å². The van der Waals surface area contributed by atoms with Crippen LogP contribution < -0.4 is 11.1 Å². The first kappa shape index (κ1) is 19.2. The second-order valence-electron chi connectivity index (χ2n) is 7.16. The second kappa shape index (κ2) is 8.10. The van der Waals surface area contributed by atoms with Crippen LogP contribution in [-0.2, 0) is 6.42 Å². The van der Waals surface area contributed by atoms with Gasteiger partial charge in [-0.3, -0.25) is 0 Å². The first-order chi connectivity index (χ1) is 14.5. The topological polar surface area (TPSA) is 96.7 Å². The van der Waals surface area contributed by atoms with Crippen LogP contribution in [0.1, 0.15) is 35.5 Å². The highest BCUT2D eigenvalue weighted by Crippen LogP contribution is 2.28. The number of nitriles is 1. The third-order valence-electron chi connectivity index (χ3n) is 5.14. The normalized spacial score (nSPS) is 11.7. The number of urea groups is 1. The highest BCUT2D eigenvalue weighted by molar-refractivity contribution is 5.87. The maximum Gasteiger partial charge on any atom is 0.316 e. The number of amides is 2. The van der Waals surface area contributed by atoms with Gasteiger partial charge in [0.1, 0.15) is 5.82 Å². The molecule has 6 heteroatoms. The van der Waals surface area contributed by atoms with Crippen LogP contribution in [0.4, 0.5) is 10.5 Å². The summed E-state index contributed by atoms with van der Waals surface area (Å²) in [4.78, 5) is 15.9. The molecule has 0 fully saturated rings. The van der Waals surface area contributed by atoms with Crippen molar-refractivity contribution in [3.8, 4) is 6.07 Å². The number of hydrogen-bond donors (Lipinski definition) is 2. The van der Waals surface area contributed by atoms with E-state index in [9.17, 15) is 10.1 Å². The number of carbonyl (C=O) groups excluding carboxylic acids is 1. The Morgan fingerprint density at radius 1 is 1.13 bits per heavy atom. The van der Waals surface area contributed by atoms with E-state index < -0.39 is 6.03 Å². The number of fused-ring (bicyclic) bond motifs is 1. The number of carbonyl (C=O) groups is 1. The predicted molar refractivity (Wildman–Crippen MR) is 117 cm³/mol. The van der Waals surface area contributed by atoms with Crippen molar-refractivity contribution in [1.82, 2.24) is 9.55 Å². The fourth-order valence-corrected chi connectivity index (χ4v) is 3.68. The number of primary amides is 1. The average molecular weight is 395 g/mol. The standard InChI is InChI=1S/C24H21N5O/c1-16(19-5-3-2-4-6-19)29-22-13-18(15-25)9-12-21(22)28-23(29)14-17-7-10-20(11-8-17)27-24(26)30/h2-13,16H,14H2,1H3,(H3,26,27,30)/t16-/m0/s1. The smallest absolute Gasteiger partial charge is 0.316 e. The zero-order valence-electron chi connectivity index (χ0n) is 16.5. The van der Waals surface area contributed by atoms with E-state index in [4.69, 9.17) is 10.7 Å². The van der Waals surface area contributed by atoms with Crippen LogP contribution in [0.2, 0.25) is 0 Å². The van der Waals surface area contributed by atoms with Gasteiger partial charge in [-0.25, -0.2) is 9.78 Å². The highest BCUT2D eigenvalue weighted by Gasteiger charge is 2.18. The van der Waals surface area contributed by atoms with E-state index in [-0.39, 0.29) is 6.04 Å². The molecule has 6 nitrogen and oxygen atoms in total. The van der Waals surface area contributed by atoms with Crippen LogP contribution in [0, 0.1) is 11.3 Å². The Balaban J connectivity index is 1.77. The zero-order valence-corrected chi connectivity index (χ0v) is 16.5. The lowest BCUT2D eigenvalue weighted by Crippen LogP contribution is -2.19. The van der Waals surface area contributed by atoms with Crippen molar-refractivity contribution in [3.05, 3.63) is 95.3 Å². The molecule has 1 atom stereocenters. The summed E-state index contributed by atoms with van der Waals surface area (Å²) in [6.07, 6.45) is 0.616. The summed E-state index contributed by atoms with van der Waals surface area (Å²) < 4.78 is 2.20. The lowest BCUT2D eigenvalue weighted by Gasteiger charge is -2.18. The van der Waals surface area contributed by atoms with E-state index in [1.165, 1.54) is 5.56 Å². The van der Waals surface area contributed by atoms with Crippen LogP contribution in [0.15, 0.2) is 72.8 Å². The summed E-state index contributed by atoms with van der Waals surface area (Å²) in [5.41, 5.74) is 10.5. The fraction of sp³-hybridized carbons (Fsp3) is 0.125. The van der Waals surface area contributed by atoms with Crippen LogP contribution >= 0.6 is 0 Å². The van der Waals surface area contributed by atoms with Gasteiger partial charge in [-0.1, -0.05) is 42.5 Å². The van der Waals surface area contributed by atoms with Gasteiger partial charge >= 0.3 is 6.03 Å². The van der Waals surface area contributed by atoms with Gasteiger partial charge in [0.15, 0.2) is 0 Å². The molecule has 1 heterocycles. The number of aromatic nitrogens is 2. The Morgan fingerprint density at radius 2 is 1.87 bits per heavy atom. The third kappa shape index (κ3) is 3.87. The van der Waals surface area contributed by atoms with Gasteiger partial charge in [-0.05, 0) is 48.4 Å². The van der Waals surface area contributed by atoms with Crippen LogP contribution in [0.25, 0.3) is 11.0 Å². The number of nitrogens with zero attached hydrogens (tertiary/aromatic N) is 3. The van der Waals surface area contributed by atoms with Gasteiger partial charge in [-0.2, -0.15) is 5.26 Å². The van der Waals surface area contributed by atoms with Gasteiger partial charge in [-0.15, -0.1) is 0 Å². The number of nitrogens with one attached hydrogen (secondary N) is 1. The number of rotatable bonds is 5. The molecule has 3 N–H and O–H groups in total. The van der Waals surface area contributed by atoms with E-state index in [2.05, 4.69) is 35.0 Å². The Morgan fingerprint density at radius 3 is 2.53 bits per heavy atom. The number of imidazole rings is 1. The van der Waals surface area contributed by atoms with Crippen molar-refractivity contribution in [2.45, 2.75) is 19.4 Å². The Bertz CT molecular complexity index is 1240. The maximum absolute atomic E-state index is 11.0. The summed E-state index contributed by atoms with van der Waals surface area (Å²) in [6.45, 7) is 2.14. The molecule has 148 valence electrons. The largest absolute Gasteiger partial charge is 0.351 e. The van der Waals surface area contributed by atoms with E-state index >= 15 is 0 Å². The van der Waals surface area contributed by atoms with Crippen molar-refractivity contribution in [2.75, 3.05) is 5.32 Å². The summed E-state index contributed by atoms with van der Waals surface area (Å²) in [6, 6.07) is 25.0. The molecule has 0 unspecified atom stereocenters. The van der Waals surface area contributed by atoms with Gasteiger partial charge in [0, 0.05) is 12.1 Å². The van der Waals surface area contributed by atoms with Gasteiger partial charge < -0.3 is 15.6 Å². The van der Waals surface area contributed by atoms with Crippen LogP contribution in [0.5, 0.6) is 0 Å². The molecule has 3 aromatic carbocycles. The molecule has 0 aliphatic carbocycles. The number of benzene rings is 3. The van der Waals surface area contributed by atoms with E-state index in [0.29, 0.717) is 17.7 Å². The first-order valence-corrected chi connectivity index (χ1v) is 9.66. The average Bonchev–Trinajstić information content (AvgIpc) is 3.11. The minimum absolute atomic E-state index is 0.0518. The molecule has 0 saturated carbocycles. The molecule has 30 heavy (non-hydrogen) atoms. The molecule has 4 aromatic rings. The van der Waals surface area contributed by atoms with E-state index in [1.54, 1.807) is 6.07 Å². The quantitative estimate of drug-likeness (QED) is 0.517. The summed E-state index contributed by atoms with van der Waals surface area (Å²) >= 11 is 0. The monoisotopic (exact) mass is 395 g/mol. The molecule has 4 rings (SSSR count). The van der Waals surface area contributed by atoms with E-state index in [0.717, 1.165) is 22.4 Å². The molecule has 0 saturated heterocycles. The molecular weight excluding hydrogens is 374 g/mol. The van der Waals surface area contributed by atoms with Crippen LogP contribution in [-0.4, -0.2) is 15.6 Å². The van der Waals surface area contributed by atoms with E-state index in [1.807, 2.05) is 54.6 Å². The highest BCUT2D eigenvalue weighted by atomic mass is 16.2. The van der Waals surface area contributed by atoms with Crippen molar-refractivity contribution in [1.29, 1.82) is 5.26 Å². The Labute approximate surface area is 174 Å². The lowest BCUT2D eigenvalue weighted by molar-refractivity contribution is 0.259. The predicted octanol–water partition coefficient (Wildman–Crippen LogP) is 4.60. The van der Waals surface area contributed by atoms with Crippen LogP contribution in [0.3, 0.4) is 0 Å². The van der Waals surface area contributed by atoms with Gasteiger partial charge in [0.2, 0.25) is 0 Å². The first-order valence-electron chi connectivity index (χ1n) is 9.66. The van der Waals surface area contributed by atoms with Crippen molar-refractivity contribution >= 4 is 22.8 Å². The number of hydrogen-bond acceptors (Lipinski definition) is 3. The molecule has 1 aromatic heterocycles. The summed E-state index contributed by atoms with van der Waals surface area (Å²) in [7, 11) is 0.